The summed E-state index contributed by atoms with van der Waals surface area (Å²) in [6, 6.07) is 7.44. The van der Waals surface area contributed by atoms with Crippen molar-refractivity contribution in [3.05, 3.63) is 30.1 Å². The molecule has 28 heavy (non-hydrogen) atoms. The van der Waals surface area contributed by atoms with E-state index in [1.807, 2.05) is 31.2 Å². The highest BCUT2D eigenvalue weighted by atomic mass is 16.5. The Morgan fingerprint density at radius 1 is 1.29 bits per heavy atom. The molecule has 1 unspecified atom stereocenters. The van der Waals surface area contributed by atoms with Crippen LogP contribution in [0.4, 0.5) is 17.6 Å². The second-order valence-corrected chi connectivity index (χ2v) is 6.76. The van der Waals surface area contributed by atoms with Crippen LogP contribution in [0.25, 0.3) is 0 Å². The molecule has 1 aromatic heterocycles. The van der Waals surface area contributed by atoms with Crippen LogP contribution in [-0.4, -0.2) is 47.7 Å². The van der Waals surface area contributed by atoms with Crippen LogP contribution in [0.1, 0.15) is 25.6 Å². The summed E-state index contributed by atoms with van der Waals surface area (Å²) in [6.07, 6.45) is 1.84. The first-order chi connectivity index (χ1) is 13.6. The molecule has 3 rings (SSSR count). The molecular formula is C19H27N6O3+. The number of hydrogen-bond donors (Lipinski definition) is 3. The van der Waals surface area contributed by atoms with E-state index >= 15 is 0 Å². The number of nitrogens with one attached hydrogen (secondary N) is 2. The van der Waals surface area contributed by atoms with Gasteiger partial charge in [-0.3, -0.25) is 4.79 Å². The molecule has 0 amide bonds. The van der Waals surface area contributed by atoms with Crippen molar-refractivity contribution in [2.24, 2.45) is 5.92 Å². The average Bonchev–Trinajstić information content (AvgIpc) is 2.68. The van der Waals surface area contributed by atoms with Gasteiger partial charge in [-0.05, 0) is 44.0 Å². The summed E-state index contributed by atoms with van der Waals surface area (Å²) in [5.74, 6) is 1.75. The lowest BCUT2D eigenvalue weighted by atomic mass is 9.98. The summed E-state index contributed by atoms with van der Waals surface area (Å²) in [7, 11) is 1.62. The van der Waals surface area contributed by atoms with Crippen LogP contribution in [0.15, 0.2) is 24.3 Å². The van der Waals surface area contributed by atoms with Gasteiger partial charge in [0.05, 0.1) is 26.8 Å². The van der Waals surface area contributed by atoms with Crippen LogP contribution < -0.4 is 20.7 Å². The molecule has 1 fully saturated rings. The number of anilines is 3. The van der Waals surface area contributed by atoms with E-state index in [9.17, 15) is 4.79 Å². The van der Waals surface area contributed by atoms with Gasteiger partial charge in [-0.15, -0.1) is 0 Å². The summed E-state index contributed by atoms with van der Waals surface area (Å²) in [5, 5.41) is 3.14. The van der Waals surface area contributed by atoms with E-state index < -0.39 is 0 Å². The Labute approximate surface area is 164 Å². The normalized spacial score (nSPS) is 19.1. The van der Waals surface area contributed by atoms with Gasteiger partial charge in [0.25, 0.3) is 0 Å². The molecule has 2 heterocycles. The smallest absolute Gasteiger partial charge is 0.314 e. The zero-order valence-electron chi connectivity index (χ0n) is 16.3. The number of carbonyl (C=O) groups is 1. The summed E-state index contributed by atoms with van der Waals surface area (Å²) in [6.45, 7) is 4.50. The number of hydrogen-bond acceptors (Lipinski definition) is 8. The fourth-order valence-electron chi connectivity index (χ4n) is 3.37. The fraction of sp³-hybridized carbons (Fsp3) is 0.474. The Hall–Kier alpha value is -2.94. The molecule has 2 atom stereocenters. The highest BCUT2D eigenvalue weighted by Gasteiger charge is 2.30. The van der Waals surface area contributed by atoms with E-state index in [1.165, 1.54) is 4.90 Å². The van der Waals surface area contributed by atoms with E-state index in [0.29, 0.717) is 31.5 Å². The maximum atomic E-state index is 12.0. The van der Waals surface area contributed by atoms with Gasteiger partial charge in [-0.2, -0.15) is 15.0 Å². The number of rotatable bonds is 7. The molecule has 9 nitrogen and oxygen atoms in total. The van der Waals surface area contributed by atoms with Crippen molar-refractivity contribution in [2.45, 2.75) is 26.3 Å². The van der Waals surface area contributed by atoms with Crippen LogP contribution in [-0.2, 0) is 16.1 Å². The summed E-state index contributed by atoms with van der Waals surface area (Å²) in [5.41, 5.74) is 6.70. The lowest BCUT2D eigenvalue weighted by molar-refractivity contribution is -0.921. The molecule has 150 valence electrons. The molecule has 0 saturated carbocycles. The van der Waals surface area contributed by atoms with Gasteiger partial charge in [0.15, 0.2) is 5.82 Å². The van der Waals surface area contributed by atoms with Gasteiger partial charge < -0.3 is 25.4 Å². The summed E-state index contributed by atoms with van der Waals surface area (Å²) in [4.78, 5) is 26.2. The number of piperidine rings is 1. The van der Waals surface area contributed by atoms with Gasteiger partial charge in [0.2, 0.25) is 11.9 Å². The molecule has 0 spiro atoms. The van der Waals surface area contributed by atoms with Crippen molar-refractivity contribution in [1.29, 1.82) is 0 Å². The van der Waals surface area contributed by atoms with Gasteiger partial charge in [0, 0.05) is 5.69 Å². The predicted octanol–water partition coefficient (Wildman–Crippen LogP) is 0.564. The number of esters is 1. The Morgan fingerprint density at radius 2 is 2.07 bits per heavy atom. The standard InChI is InChI=1S/C19H26N6O3/c1-3-28-17(26)13-5-4-10-25(11-13)12-16-22-18(20)24-19(23-16)21-14-6-8-15(27-2)9-7-14/h6-9,13H,3-5,10-12H2,1-2H3,(H3,20,21,22,23,24)/p+1/t13-/m0/s1. The second-order valence-electron chi connectivity index (χ2n) is 6.76. The predicted molar refractivity (Wildman–Crippen MR) is 104 cm³/mol. The number of nitrogens with zero attached hydrogens (tertiary/aromatic N) is 3. The van der Waals surface area contributed by atoms with E-state index in [1.54, 1.807) is 7.11 Å². The SMILES string of the molecule is CCOC(=O)[C@H]1CCC[NH+](Cc2nc(N)nc(Nc3ccc(OC)cc3)n2)C1. The third-order valence-corrected chi connectivity index (χ3v) is 4.69. The minimum absolute atomic E-state index is 0.0696. The van der Waals surface area contributed by atoms with Crippen LogP contribution in [0, 0.1) is 5.92 Å². The molecular weight excluding hydrogens is 360 g/mol. The Morgan fingerprint density at radius 3 is 2.79 bits per heavy atom. The topological polar surface area (TPSA) is 117 Å². The molecule has 1 saturated heterocycles. The molecule has 1 aromatic carbocycles. The number of benzene rings is 1. The van der Waals surface area contributed by atoms with Crippen molar-refractivity contribution in [3.8, 4) is 5.75 Å². The van der Waals surface area contributed by atoms with Gasteiger partial charge in [0.1, 0.15) is 18.2 Å². The van der Waals surface area contributed by atoms with Crippen molar-refractivity contribution in [1.82, 2.24) is 15.0 Å². The first-order valence-electron chi connectivity index (χ1n) is 9.49. The minimum atomic E-state index is -0.114. The minimum Gasteiger partial charge on any atom is -0.497 e. The molecule has 9 heteroatoms. The third-order valence-electron chi connectivity index (χ3n) is 4.69. The first kappa shape index (κ1) is 19.8. The molecule has 1 aliphatic rings. The number of methoxy groups -OCH3 is 1. The monoisotopic (exact) mass is 387 g/mol. The molecule has 0 bridgehead atoms. The Bertz CT molecular complexity index is 799. The van der Waals surface area contributed by atoms with Crippen LogP contribution in [0.2, 0.25) is 0 Å². The molecule has 4 N–H and O–H groups in total. The summed E-state index contributed by atoms with van der Waals surface area (Å²) < 4.78 is 10.3. The quantitative estimate of drug-likeness (QED) is 0.590. The lowest BCUT2D eigenvalue weighted by Gasteiger charge is -2.28. The highest BCUT2D eigenvalue weighted by Crippen LogP contribution is 2.18. The number of likely N-dealkylation sites (tertiary alicyclic amines) is 1. The van der Waals surface area contributed by atoms with Crippen molar-refractivity contribution >= 4 is 23.6 Å². The van der Waals surface area contributed by atoms with Gasteiger partial charge in [-0.25, -0.2) is 0 Å². The third kappa shape index (κ3) is 5.29. The second kappa shape index (κ2) is 9.32. The average molecular weight is 387 g/mol. The van der Waals surface area contributed by atoms with Crippen LogP contribution in [0.5, 0.6) is 5.75 Å². The maximum Gasteiger partial charge on any atom is 0.314 e. The first-order valence-corrected chi connectivity index (χ1v) is 9.49. The Balaban J connectivity index is 1.66. The zero-order valence-corrected chi connectivity index (χ0v) is 16.3. The van der Waals surface area contributed by atoms with E-state index in [2.05, 4.69) is 20.3 Å². The van der Waals surface area contributed by atoms with Crippen LogP contribution in [0.3, 0.4) is 0 Å². The number of aromatic nitrogens is 3. The number of nitrogen functional groups attached to an aromatic ring is 1. The number of nitrogens with two attached hydrogens (primary N) is 1. The van der Waals surface area contributed by atoms with Crippen molar-refractivity contribution < 1.29 is 19.2 Å². The number of ether oxygens (including phenoxy) is 2. The fourth-order valence-corrected chi connectivity index (χ4v) is 3.37. The molecule has 0 aliphatic carbocycles. The Kier molecular flexibility index (Phi) is 6.59. The van der Waals surface area contributed by atoms with Crippen molar-refractivity contribution in [2.75, 3.05) is 37.9 Å². The van der Waals surface area contributed by atoms with Crippen LogP contribution >= 0.6 is 0 Å². The van der Waals surface area contributed by atoms with Gasteiger partial charge >= 0.3 is 5.97 Å². The lowest BCUT2D eigenvalue weighted by Crippen LogP contribution is -3.12. The maximum absolute atomic E-state index is 12.0. The van der Waals surface area contributed by atoms with E-state index in [4.69, 9.17) is 15.2 Å². The van der Waals surface area contributed by atoms with Crippen molar-refractivity contribution in [3.63, 3.8) is 0 Å². The molecule has 1 aliphatic heterocycles. The number of quaternary nitrogens is 1. The van der Waals surface area contributed by atoms with Gasteiger partial charge in [-0.1, -0.05) is 0 Å². The highest BCUT2D eigenvalue weighted by molar-refractivity contribution is 5.72. The molecule has 0 radical (unpaired) electrons. The molecule has 2 aromatic rings. The van der Waals surface area contributed by atoms with E-state index in [-0.39, 0.29) is 17.8 Å². The number of carbonyl (C=O) groups excluding carboxylic acids is 1. The zero-order chi connectivity index (χ0) is 19.9. The van der Waals surface area contributed by atoms with E-state index in [0.717, 1.165) is 30.8 Å². The summed E-state index contributed by atoms with van der Waals surface area (Å²) >= 11 is 0. The largest absolute Gasteiger partial charge is 0.497 e.